The van der Waals surface area contributed by atoms with Gasteiger partial charge in [0.15, 0.2) is 0 Å². The Morgan fingerprint density at radius 1 is 1.47 bits per heavy atom. The van der Waals surface area contributed by atoms with Crippen molar-refractivity contribution in [2.45, 2.75) is 26.9 Å². The van der Waals surface area contributed by atoms with Gasteiger partial charge in [-0.3, -0.25) is 0 Å². The smallest absolute Gasteiger partial charge is 0.126 e. The third-order valence-corrected chi connectivity index (χ3v) is 2.47. The van der Waals surface area contributed by atoms with Crippen LogP contribution in [0.4, 0.5) is 4.39 Å². The molecule has 0 radical (unpaired) electrons. The minimum absolute atomic E-state index is 0.305. The maximum absolute atomic E-state index is 13.0. The van der Waals surface area contributed by atoms with Gasteiger partial charge in [-0.05, 0) is 38.0 Å². The molecule has 3 heteroatoms. The van der Waals surface area contributed by atoms with Gasteiger partial charge in [-0.1, -0.05) is 12.1 Å². The van der Waals surface area contributed by atoms with Crippen LogP contribution >= 0.6 is 0 Å². The van der Waals surface area contributed by atoms with E-state index in [2.05, 4.69) is 0 Å². The fourth-order valence-electron chi connectivity index (χ4n) is 1.32. The molecule has 0 aromatic heterocycles. The zero-order valence-electron chi connectivity index (χ0n) is 9.08. The Hall–Kier alpha value is -1.40. The van der Waals surface area contributed by atoms with Crippen LogP contribution in [0.5, 0.6) is 0 Å². The highest BCUT2D eigenvalue weighted by Gasteiger charge is 2.29. The van der Waals surface area contributed by atoms with Crippen LogP contribution in [0.25, 0.3) is 0 Å². The first-order valence-corrected chi connectivity index (χ1v) is 4.74. The number of halogens is 1. The van der Waals surface area contributed by atoms with Crippen molar-refractivity contribution in [3.8, 4) is 6.07 Å². The number of rotatable bonds is 2. The summed E-state index contributed by atoms with van der Waals surface area (Å²) in [5, 5.41) is 18.8. The van der Waals surface area contributed by atoms with Crippen molar-refractivity contribution in [3.05, 3.63) is 35.1 Å². The minimum Gasteiger partial charge on any atom is -0.387 e. The third kappa shape index (κ3) is 2.34. The Morgan fingerprint density at radius 2 is 2.07 bits per heavy atom. The summed E-state index contributed by atoms with van der Waals surface area (Å²) >= 11 is 0. The van der Waals surface area contributed by atoms with Gasteiger partial charge in [-0.2, -0.15) is 5.26 Å². The first-order chi connectivity index (χ1) is 6.88. The Kier molecular flexibility index (Phi) is 3.11. The fraction of sp³-hybridized carbons (Fsp3) is 0.417. The van der Waals surface area contributed by atoms with Gasteiger partial charge in [0.1, 0.15) is 5.82 Å². The molecule has 0 fully saturated rings. The maximum atomic E-state index is 13.0. The van der Waals surface area contributed by atoms with Gasteiger partial charge in [-0.15, -0.1) is 0 Å². The summed E-state index contributed by atoms with van der Waals surface area (Å²) in [5.41, 5.74) is 0.172. The molecule has 1 rings (SSSR count). The van der Waals surface area contributed by atoms with Gasteiger partial charge in [0.2, 0.25) is 0 Å². The molecule has 0 heterocycles. The number of hydrogen-bond acceptors (Lipinski definition) is 2. The van der Waals surface area contributed by atoms with E-state index in [0.29, 0.717) is 11.1 Å². The number of aliphatic hydroxyl groups excluding tert-OH is 1. The Morgan fingerprint density at radius 3 is 2.53 bits per heavy atom. The van der Waals surface area contributed by atoms with Gasteiger partial charge in [0.25, 0.3) is 0 Å². The highest BCUT2D eigenvalue weighted by Crippen LogP contribution is 2.32. The lowest BCUT2D eigenvalue weighted by atomic mass is 9.84. The predicted octanol–water partition coefficient (Wildman–Crippen LogP) is 2.72. The quantitative estimate of drug-likeness (QED) is 0.810. The van der Waals surface area contributed by atoms with Crippen LogP contribution < -0.4 is 0 Å². The molecule has 1 atom stereocenters. The summed E-state index contributed by atoms with van der Waals surface area (Å²) < 4.78 is 13.0. The van der Waals surface area contributed by atoms with Gasteiger partial charge < -0.3 is 5.11 Å². The molecule has 80 valence electrons. The molecule has 0 aliphatic carbocycles. The van der Waals surface area contributed by atoms with E-state index in [4.69, 9.17) is 5.26 Å². The van der Waals surface area contributed by atoms with Crippen LogP contribution in [0.15, 0.2) is 18.2 Å². The summed E-state index contributed by atoms with van der Waals surface area (Å²) in [6, 6.07) is 6.41. The van der Waals surface area contributed by atoms with Crippen LogP contribution in [0.3, 0.4) is 0 Å². The van der Waals surface area contributed by atoms with Crippen LogP contribution in [-0.2, 0) is 0 Å². The van der Waals surface area contributed by atoms with E-state index in [1.165, 1.54) is 12.1 Å². The van der Waals surface area contributed by atoms with Crippen molar-refractivity contribution >= 4 is 0 Å². The van der Waals surface area contributed by atoms with Crippen LogP contribution in [0, 0.1) is 29.5 Å². The summed E-state index contributed by atoms with van der Waals surface area (Å²) in [4.78, 5) is 0. The Labute approximate surface area is 89.0 Å². The van der Waals surface area contributed by atoms with E-state index in [9.17, 15) is 9.50 Å². The SMILES string of the molecule is Cc1cc(C(O)C(C)(C)C#N)ccc1F. The van der Waals surface area contributed by atoms with Crippen molar-refractivity contribution in [1.82, 2.24) is 0 Å². The number of aliphatic hydroxyl groups is 1. The first-order valence-electron chi connectivity index (χ1n) is 4.74. The average molecular weight is 207 g/mol. The van der Waals surface area contributed by atoms with Crippen molar-refractivity contribution < 1.29 is 9.50 Å². The van der Waals surface area contributed by atoms with Gasteiger partial charge >= 0.3 is 0 Å². The van der Waals surface area contributed by atoms with Crippen LogP contribution in [-0.4, -0.2) is 5.11 Å². The molecular formula is C12H14FNO. The van der Waals surface area contributed by atoms with E-state index >= 15 is 0 Å². The number of nitriles is 1. The van der Waals surface area contributed by atoms with Crippen molar-refractivity contribution in [3.63, 3.8) is 0 Å². The molecule has 15 heavy (non-hydrogen) atoms. The largest absolute Gasteiger partial charge is 0.387 e. The molecule has 0 bridgehead atoms. The van der Waals surface area contributed by atoms with Gasteiger partial charge in [0, 0.05) is 0 Å². The second-order valence-corrected chi connectivity index (χ2v) is 4.24. The second kappa shape index (κ2) is 4.00. The van der Waals surface area contributed by atoms with Crippen molar-refractivity contribution in [1.29, 1.82) is 5.26 Å². The van der Waals surface area contributed by atoms with E-state index in [0.717, 1.165) is 0 Å². The lowest BCUT2D eigenvalue weighted by Gasteiger charge is -2.23. The first kappa shape index (κ1) is 11.7. The summed E-state index contributed by atoms with van der Waals surface area (Å²) in [5.74, 6) is -0.305. The van der Waals surface area contributed by atoms with E-state index in [1.54, 1.807) is 26.8 Å². The zero-order chi connectivity index (χ0) is 11.6. The fourth-order valence-corrected chi connectivity index (χ4v) is 1.32. The molecule has 0 amide bonds. The maximum Gasteiger partial charge on any atom is 0.126 e. The number of hydrogen-bond donors (Lipinski definition) is 1. The zero-order valence-corrected chi connectivity index (χ0v) is 9.08. The van der Waals surface area contributed by atoms with Crippen molar-refractivity contribution in [2.24, 2.45) is 5.41 Å². The topological polar surface area (TPSA) is 44.0 Å². The highest BCUT2D eigenvalue weighted by molar-refractivity contribution is 5.27. The highest BCUT2D eigenvalue weighted by atomic mass is 19.1. The van der Waals surface area contributed by atoms with Crippen LogP contribution in [0.1, 0.15) is 31.1 Å². The molecule has 1 N–H and O–H groups in total. The molecule has 0 aliphatic heterocycles. The van der Waals surface area contributed by atoms with Gasteiger partial charge in [0.05, 0.1) is 17.6 Å². The second-order valence-electron chi connectivity index (χ2n) is 4.24. The summed E-state index contributed by atoms with van der Waals surface area (Å²) in [6.07, 6.45) is -0.901. The normalized spacial score (nSPS) is 13.3. The van der Waals surface area contributed by atoms with Crippen LogP contribution in [0.2, 0.25) is 0 Å². The van der Waals surface area contributed by atoms with E-state index < -0.39 is 11.5 Å². The number of aryl methyl sites for hydroxylation is 1. The van der Waals surface area contributed by atoms with Crippen molar-refractivity contribution in [2.75, 3.05) is 0 Å². The standard InChI is InChI=1S/C12H14FNO/c1-8-6-9(4-5-10(8)13)11(15)12(2,3)7-14/h4-6,11,15H,1-3H3. The molecule has 0 saturated heterocycles. The van der Waals surface area contributed by atoms with Gasteiger partial charge in [-0.25, -0.2) is 4.39 Å². The lowest BCUT2D eigenvalue weighted by molar-refractivity contribution is 0.0866. The summed E-state index contributed by atoms with van der Waals surface area (Å²) in [6.45, 7) is 4.93. The molecule has 1 unspecified atom stereocenters. The molecule has 0 aliphatic rings. The molecule has 0 spiro atoms. The molecule has 1 aromatic carbocycles. The Balaban J connectivity index is 3.08. The predicted molar refractivity (Wildman–Crippen MR) is 55.5 cm³/mol. The minimum atomic E-state index is -0.901. The summed E-state index contributed by atoms with van der Waals surface area (Å²) in [7, 11) is 0. The molecule has 1 aromatic rings. The van der Waals surface area contributed by atoms with E-state index in [-0.39, 0.29) is 5.82 Å². The Bertz CT molecular complexity index is 407. The third-order valence-electron chi connectivity index (χ3n) is 2.47. The average Bonchev–Trinajstić information content (AvgIpc) is 2.21. The lowest BCUT2D eigenvalue weighted by Crippen LogP contribution is -2.19. The molecule has 0 saturated carbocycles. The number of benzene rings is 1. The van der Waals surface area contributed by atoms with E-state index in [1.807, 2.05) is 6.07 Å². The molecular weight excluding hydrogens is 193 g/mol. The number of nitrogens with zero attached hydrogens (tertiary/aromatic N) is 1. The monoisotopic (exact) mass is 207 g/mol. The molecule has 2 nitrogen and oxygen atoms in total.